The lowest BCUT2D eigenvalue weighted by Gasteiger charge is -2.23. The van der Waals surface area contributed by atoms with Gasteiger partial charge >= 0.3 is 0 Å². The number of rotatable bonds is 4. The number of carbonyl (C=O) groups is 3. The molecular weight excluding hydrogens is 470 g/mol. The van der Waals surface area contributed by atoms with Gasteiger partial charge < -0.3 is 4.90 Å². The Labute approximate surface area is 209 Å². The first kappa shape index (κ1) is 21.1. The molecule has 178 valence electrons. The highest BCUT2D eigenvalue weighted by Gasteiger charge is 2.41. The Morgan fingerprint density at radius 1 is 0.973 bits per heavy atom. The van der Waals surface area contributed by atoms with Crippen LogP contribution in [0.3, 0.4) is 0 Å². The van der Waals surface area contributed by atoms with E-state index in [1.165, 1.54) is 18.7 Å². The first-order chi connectivity index (χ1) is 18.1. The van der Waals surface area contributed by atoms with Gasteiger partial charge in [-0.1, -0.05) is 24.3 Å². The molecule has 1 atom stereocenters. The number of carbonyl (C=O) groups excluding carboxylic acids is 3. The Bertz CT molecular complexity index is 1750. The number of aromatic nitrogens is 4. The molecule has 1 unspecified atom stereocenters. The maximum atomic E-state index is 13.4. The molecule has 4 aromatic rings. The minimum Gasteiger partial charge on any atom is -0.334 e. The van der Waals surface area contributed by atoms with Crippen molar-refractivity contribution in [3.05, 3.63) is 108 Å². The van der Waals surface area contributed by atoms with Gasteiger partial charge in [0.1, 0.15) is 18.0 Å². The summed E-state index contributed by atoms with van der Waals surface area (Å²) in [5.74, 6) is -1.16. The molecule has 10 nitrogen and oxygen atoms in total. The lowest BCUT2D eigenvalue weighted by Crippen LogP contribution is -2.35. The summed E-state index contributed by atoms with van der Waals surface area (Å²) in [5, 5.41) is 2.43. The predicted octanol–water partition coefficient (Wildman–Crippen LogP) is 2.12. The first-order valence-electron chi connectivity index (χ1n) is 11.6. The monoisotopic (exact) mass is 487 g/mol. The van der Waals surface area contributed by atoms with E-state index in [2.05, 4.69) is 25.3 Å². The quantitative estimate of drug-likeness (QED) is 0.346. The van der Waals surface area contributed by atoms with Gasteiger partial charge in [-0.25, -0.2) is 15.0 Å². The zero-order valence-corrected chi connectivity index (χ0v) is 19.2. The Hall–Kier alpha value is -5.25. The standard InChI is InChI=1S/C27H17N7O3/c35-25(16-11-28-14-29-12-16)18-10-15-4-3-5-17-23(30-7-9-34(18)24(15)17)22-21(26(36)32-27(22)37)19-13-31-20-6-1-2-8-33(19)20/h1-9,11-14,18H,10H2,(H,32,36,37). The summed E-state index contributed by atoms with van der Waals surface area (Å²) >= 11 is 0. The molecule has 3 aromatic heterocycles. The Kier molecular flexibility index (Phi) is 4.49. The van der Waals surface area contributed by atoms with E-state index in [0.717, 1.165) is 11.3 Å². The van der Waals surface area contributed by atoms with E-state index >= 15 is 0 Å². The van der Waals surface area contributed by atoms with Crippen molar-refractivity contribution in [1.29, 1.82) is 0 Å². The normalized spacial score (nSPS) is 18.2. The summed E-state index contributed by atoms with van der Waals surface area (Å²) in [7, 11) is 0. The number of hydrogen-bond donors (Lipinski definition) is 1. The van der Waals surface area contributed by atoms with Gasteiger partial charge in [-0.2, -0.15) is 0 Å². The molecule has 0 saturated heterocycles. The molecule has 0 aliphatic carbocycles. The lowest BCUT2D eigenvalue weighted by atomic mass is 9.94. The summed E-state index contributed by atoms with van der Waals surface area (Å²) in [5.41, 5.74) is 4.67. The molecule has 1 N–H and O–H groups in total. The van der Waals surface area contributed by atoms with Gasteiger partial charge in [0, 0.05) is 43.0 Å². The van der Waals surface area contributed by atoms with Crippen LogP contribution in [0.1, 0.15) is 27.2 Å². The Morgan fingerprint density at radius 2 is 1.81 bits per heavy atom. The molecule has 3 aliphatic rings. The molecule has 0 saturated carbocycles. The van der Waals surface area contributed by atoms with E-state index in [0.29, 0.717) is 34.6 Å². The summed E-state index contributed by atoms with van der Waals surface area (Å²) in [6.07, 6.45) is 11.5. The molecule has 0 fully saturated rings. The number of Topliss-reactive ketones (excluding diaryl/α,β-unsaturated/α-hetero) is 1. The van der Waals surface area contributed by atoms with Gasteiger partial charge in [-0.3, -0.25) is 29.1 Å². The third-order valence-corrected chi connectivity index (χ3v) is 6.80. The van der Waals surface area contributed by atoms with Crippen LogP contribution in [0.4, 0.5) is 5.69 Å². The highest BCUT2D eigenvalue weighted by atomic mass is 16.2. The number of imide groups is 1. The van der Waals surface area contributed by atoms with Crippen molar-refractivity contribution in [3.63, 3.8) is 0 Å². The second-order valence-electron chi connectivity index (χ2n) is 8.81. The van der Waals surface area contributed by atoms with Gasteiger partial charge in [0.05, 0.1) is 40.0 Å². The molecule has 0 bridgehead atoms. The van der Waals surface area contributed by atoms with Crippen molar-refractivity contribution in [1.82, 2.24) is 24.7 Å². The Balaban J connectivity index is 1.39. The number of anilines is 1. The first-order valence-corrected chi connectivity index (χ1v) is 11.6. The molecule has 0 radical (unpaired) electrons. The van der Waals surface area contributed by atoms with E-state index in [1.54, 1.807) is 29.2 Å². The van der Waals surface area contributed by atoms with Crippen molar-refractivity contribution in [2.75, 3.05) is 4.90 Å². The number of fused-ring (bicyclic) bond motifs is 1. The van der Waals surface area contributed by atoms with Crippen molar-refractivity contribution in [3.8, 4) is 0 Å². The zero-order valence-electron chi connectivity index (χ0n) is 19.2. The lowest BCUT2D eigenvalue weighted by molar-refractivity contribution is -0.123. The average Bonchev–Trinajstić information content (AvgIpc) is 3.55. The van der Waals surface area contributed by atoms with Gasteiger partial charge in [-0.05, 0) is 17.7 Å². The molecular formula is C27H17N7O3. The predicted molar refractivity (Wildman–Crippen MR) is 134 cm³/mol. The van der Waals surface area contributed by atoms with Crippen LogP contribution in [-0.4, -0.2) is 48.7 Å². The fourth-order valence-corrected chi connectivity index (χ4v) is 5.22. The number of benzene rings is 1. The third kappa shape index (κ3) is 3.09. The van der Waals surface area contributed by atoms with Crippen LogP contribution >= 0.6 is 0 Å². The fourth-order valence-electron chi connectivity index (χ4n) is 5.22. The molecule has 7 rings (SSSR count). The van der Waals surface area contributed by atoms with Crippen LogP contribution in [-0.2, 0) is 16.0 Å². The van der Waals surface area contributed by atoms with E-state index < -0.39 is 17.9 Å². The molecule has 0 spiro atoms. The van der Waals surface area contributed by atoms with Crippen molar-refractivity contribution >= 4 is 40.2 Å². The van der Waals surface area contributed by atoms with Crippen molar-refractivity contribution in [2.45, 2.75) is 12.5 Å². The molecule has 3 aliphatic heterocycles. The van der Waals surface area contributed by atoms with Crippen LogP contribution in [0.2, 0.25) is 0 Å². The van der Waals surface area contributed by atoms with E-state index in [4.69, 9.17) is 0 Å². The zero-order chi connectivity index (χ0) is 25.1. The summed E-state index contributed by atoms with van der Waals surface area (Å²) in [6, 6.07) is 10.7. The second-order valence-corrected chi connectivity index (χ2v) is 8.81. The van der Waals surface area contributed by atoms with Gasteiger partial charge in [0.25, 0.3) is 11.8 Å². The maximum Gasteiger partial charge on any atom is 0.261 e. The van der Waals surface area contributed by atoms with Gasteiger partial charge in [-0.15, -0.1) is 0 Å². The van der Waals surface area contributed by atoms with Gasteiger partial charge in [0.15, 0.2) is 5.78 Å². The minimum atomic E-state index is -0.531. The molecule has 6 heterocycles. The van der Waals surface area contributed by atoms with Crippen LogP contribution in [0.25, 0.3) is 11.2 Å². The number of pyridine rings is 1. The van der Waals surface area contributed by atoms with Crippen LogP contribution < -0.4 is 10.2 Å². The smallest absolute Gasteiger partial charge is 0.261 e. The third-order valence-electron chi connectivity index (χ3n) is 6.80. The number of amides is 2. The largest absolute Gasteiger partial charge is 0.334 e. The second kappa shape index (κ2) is 7.89. The summed E-state index contributed by atoms with van der Waals surface area (Å²) in [4.78, 5) is 58.5. The van der Waals surface area contributed by atoms with Gasteiger partial charge in [0.2, 0.25) is 0 Å². The number of aliphatic imine (C=N–C) groups is 1. The highest BCUT2D eigenvalue weighted by Crippen LogP contribution is 2.40. The summed E-state index contributed by atoms with van der Waals surface area (Å²) in [6.45, 7) is 0. The fraction of sp³-hybridized carbons (Fsp3) is 0.0741. The van der Waals surface area contributed by atoms with Crippen molar-refractivity contribution in [2.24, 2.45) is 4.99 Å². The molecule has 37 heavy (non-hydrogen) atoms. The number of imidazole rings is 1. The molecule has 1 aromatic carbocycles. The van der Waals surface area contributed by atoms with Crippen LogP contribution in [0, 0.1) is 0 Å². The molecule has 10 heteroatoms. The number of nitrogens with zero attached hydrogens (tertiary/aromatic N) is 6. The summed E-state index contributed by atoms with van der Waals surface area (Å²) < 4.78 is 1.76. The minimum absolute atomic E-state index is 0.115. The SMILES string of the molecule is O=C1NC(=O)C(c2cnc3ccccn23)=C1C1=NC=CN2c3c(cccc31)CC2C(=O)c1cncnc1. The van der Waals surface area contributed by atoms with E-state index in [-0.39, 0.29) is 16.9 Å². The van der Waals surface area contributed by atoms with Crippen molar-refractivity contribution < 1.29 is 14.4 Å². The Morgan fingerprint density at radius 3 is 2.68 bits per heavy atom. The number of para-hydroxylation sites is 1. The van der Waals surface area contributed by atoms with E-state index in [9.17, 15) is 14.4 Å². The number of nitrogens with one attached hydrogen (secondary N) is 1. The maximum absolute atomic E-state index is 13.4. The molecule has 2 amide bonds. The topological polar surface area (TPSA) is 122 Å². The van der Waals surface area contributed by atoms with Crippen LogP contribution in [0.15, 0.2) is 90.5 Å². The number of ketones is 1. The van der Waals surface area contributed by atoms with Crippen LogP contribution in [0.5, 0.6) is 0 Å². The number of hydrogen-bond acceptors (Lipinski definition) is 8. The average molecular weight is 487 g/mol. The highest BCUT2D eigenvalue weighted by molar-refractivity contribution is 6.47. The van der Waals surface area contributed by atoms with E-state index in [1.807, 2.05) is 41.3 Å².